The molecule has 24 heavy (non-hydrogen) atoms. The first-order chi connectivity index (χ1) is 11.6. The lowest BCUT2D eigenvalue weighted by Gasteiger charge is -2.37. The van der Waals surface area contributed by atoms with Gasteiger partial charge in [0, 0.05) is 33.4 Å². The van der Waals surface area contributed by atoms with E-state index in [0.717, 1.165) is 19.4 Å². The summed E-state index contributed by atoms with van der Waals surface area (Å²) >= 11 is 0. The smallest absolute Gasteiger partial charge is 0.257 e. The fraction of sp³-hybridized carbons (Fsp3) is 0.474. The molecule has 5 nitrogen and oxygen atoms in total. The first-order valence-electron chi connectivity index (χ1n) is 8.43. The Balaban J connectivity index is 1.65. The molecule has 1 aliphatic rings. The number of amides is 1. The molecule has 128 valence electrons. The van der Waals surface area contributed by atoms with Crippen molar-refractivity contribution in [2.45, 2.75) is 25.9 Å². The van der Waals surface area contributed by atoms with Gasteiger partial charge in [-0.3, -0.25) is 9.48 Å². The number of methoxy groups -OCH3 is 1. The number of hydrogen-bond acceptors (Lipinski definition) is 3. The summed E-state index contributed by atoms with van der Waals surface area (Å²) in [6.07, 6.45) is 5.41. The molecule has 2 heterocycles. The maximum Gasteiger partial charge on any atom is 0.257 e. The molecule has 0 N–H and O–H groups in total. The number of rotatable bonds is 4. The minimum atomic E-state index is 0.0407. The van der Waals surface area contributed by atoms with E-state index in [0.29, 0.717) is 18.0 Å². The lowest BCUT2D eigenvalue weighted by Crippen LogP contribution is -2.47. The van der Waals surface area contributed by atoms with Gasteiger partial charge in [-0.2, -0.15) is 5.10 Å². The van der Waals surface area contributed by atoms with Crippen LogP contribution in [0.2, 0.25) is 0 Å². The van der Waals surface area contributed by atoms with E-state index < -0.39 is 0 Å². The van der Waals surface area contributed by atoms with Crippen LogP contribution >= 0.6 is 0 Å². The van der Waals surface area contributed by atoms with Gasteiger partial charge in [-0.25, -0.2) is 0 Å². The van der Waals surface area contributed by atoms with Gasteiger partial charge in [0.05, 0.1) is 17.9 Å². The zero-order chi connectivity index (χ0) is 17.1. The number of piperidine rings is 1. The van der Waals surface area contributed by atoms with E-state index in [1.165, 1.54) is 11.1 Å². The Morgan fingerprint density at radius 3 is 2.71 bits per heavy atom. The Kier molecular flexibility index (Phi) is 5.00. The number of aryl methyl sites for hydroxylation is 2. The van der Waals surface area contributed by atoms with Gasteiger partial charge in [0.25, 0.3) is 5.91 Å². The van der Waals surface area contributed by atoms with E-state index in [1.807, 2.05) is 11.9 Å². The van der Waals surface area contributed by atoms with Crippen LogP contribution in [0.1, 0.15) is 27.9 Å². The Hall–Kier alpha value is -2.14. The van der Waals surface area contributed by atoms with E-state index in [1.54, 1.807) is 24.2 Å². The molecule has 1 aliphatic heterocycles. The lowest BCUT2D eigenvalue weighted by atomic mass is 9.87. The van der Waals surface area contributed by atoms with Crippen molar-refractivity contribution in [3.63, 3.8) is 0 Å². The zero-order valence-corrected chi connectivity index (χ0v) is 14.6. The van der Waals surface area contributed by atoms with Gasteiger partial charge in [-0.15, -0.1) is 0 Å². The van der Waals surface area contributed by atoms with Gasteiger partial charge in [0.1, 0.15) is 0 Å². The topological polar surface area (TPSA) is 47.4 Å². The Bertz CT molecular complexity index is 693. The van der Waals surface area contributed by atoms with E-state index in [4.69, 9.17) is 4.74 Å². The molecule has 0 saturated carbocycles. The molecule has 1 fully saturated rings. The van der Waals surface area contributed by atoms with Crippen LogP contribution in [0.15, 0.2) is 36.7 Å². The van der Waals surface area contributed by atoms with Gasteiger partial charge < -0.3 is 9.64 Å². The molecule has 0 spiro atoms. The molecular formula is C19H25N3O2. The molecule has 0 bridgehead atoms. The SMILES string of the molecule is CO[C@@H]1CN(C(=O)c2cnn(C)c2)CC[C@@H]1Cc1ccc(C)cc1. The molecule has 1 amide bonds. The minimum Gasteiger partial charge on any atom is -0.379 e. The van der Waals surface area contributed by atoms with Crippen LogP contribution in [0.25, 0.3) is 0 Å². The number of nitrogens with zero attached hydrogens (tertiary/aromatic N) is 3. The summed E-state index contributed by atoms with van der Waals surface area (Å²) in [6.45, 7) is 3.51. The maximum absolute atomic E-state index is 12.6. The van der Waals surface area contributed by atoms with Gasteiger partial charge in [-0.05, 0) is 31.2 Å². The highest BCUT2D eigenvalue weighted by Gasteiger charge is 2.32. The highest BCUT2D eigenvalue weighted by atomic mass is 16.5. The largest absolute Gasteiger partial charge is 0.379 e. The van der Waals surface area contributed by atoms with Crippen molar-refractivity contribution in [1.82, 2.24) is 14.7 Å². The van der Waals surface area contributed by atoms with Crippen LogP contribution in [0, 0.1) is 12.8 Å². The average molecular weight is 327 g/mol. The zero-order valence-electron chi connectivity index (χ0n) is 14.6. The highest BCUT2D eigenvalue weighted by molar-refractivity contribution is 5.93. The quantitative estimate of drug-likeness (QED) is 0.866. The van der Waals surface area contributed by atoms with Crippen LogP contribution in [0.5, 0.6) is 0 Å². The second-order valence-corrected chi connectivity index (χ2v) is 6.67. The summed E-state index contributed by atoms with van der Waals surface area (Å²) < 4.78 is 7.36. The molecule has 0 radical (unpaired) electrons. The summed E-state index contributed by atoms with van der Waals surface area (Å²) in [5.74, 6) is 0.481. The molecular weight excluding hydrogens is 302 g/mol. The van der Waals surface area contributed by atoms with Gasteiger partial charge in [-0.1, -0.05) is 29.8 Å². The van der Waals surface area contributed by atoms with E-state index in [2.05, 4.69) is 36.3 Å². The average Bonchev–Trinajstić information content (AvgIpc) is 3.03. The maximum atomic E-state index is 12.6. The molecule has 0 unspecified atom stereocenters. The Morgan fingerprint density at radius 1 is 1.33 bits per heavy atom. The number of ether oxygens (including phenoxy) is 1. The van der Waals surface area contributed by atoms with Crippen molar-refractivity contribution in [3.05, 3.63) is 53.3 Å². The summed E-state index contributed by atoms with van der Waals surface area (Å²) in [7, 11) is 3.56. The standard InChI is InChI=1S/C19H25N3O2/c1-14-4-6-15(7-5-14)10-16-8-9-22(13-18(16)24-3)19(23)17-11-20-21(2)12-17/h4-7,11-12,16,18H,8-10,13H2,1-3H3/t16-,18-/m1/s1. The lowest BCUT2D eigenvalue weighted by molar-refractivity contribution is -0.00697. The third-order valence-corrected chi connectivity index (χ3v) is 4.86. The molecule has 0 aliphatic carbocycles. The van der Waals surface area contributed by atoms with Crippen molar-refractivity contribution in [2.75, 3.05) is 20.2 Å². The van der Waals surface area contributed by atoms with Crippen LogP contribution in [0.4, 0.5) is 0 Å². The number of hydrogen-bond donors (Lipinski definition) is 0. The monoisotopic (exact) mass is 327 g/mol. The minimum absolute atomic E-state index is 0.0407. The summed E-state index contributed by atoms with van der Waals surface area (Å²) in [4.78, 5) is 14.5. The fourth-order valence-corrected chi connectivity index (χ4v) is 3.39. The van der Waals surface area contributed by atoms with Gasteiger partial charge in [0.2, 0.25) is 0 Å². The first-order valence-corrected chi connectivity index (χ1v) is 8.43. The summed E-state index contributed by atoms with van der Waals surface area (Å²) in [5.41, 5.74) is 3.25. The summed E-state index contributed by atoms with van der Waals surface area (Å²) in [6, 6.07) is 8.68. The second kappa shape index (κ2) is 7.18. The van der Waals surface area contributed by atoms with Crippen LogP contribution in [-0.2, 0) is 18.2 Å². The molecule has 2 atom stereocenters. The number of benzene rings is 1. The van der Waals surface area contributed by atoms with Crippen molar-refractivity contribution in [3.8, 4) is 0 Å². The van der Waals surface area contributed by atoms with Crippen LogP contribution in [0.3, 0.4) is 0 Å². The number of likely N-dealkylation sites (tertiary alicyclic amines) is 1. The first kappa shape index (κ1) is 16.7. The molecule has 1 aromatic carbocycles. The van der Waals surface area contributed by atoms with Crippen molar-refractivity contribution >= 4 is 5.91 Å². The highest BCUT2D eigenvalue weighted by Crippen LogP contribution is 2.25. The van der Waals surface area contributed by atoms with Gasteiger partial charge >= 0.3 is 0 Å². The molecule has 1 saturated heterocycles. The normalized spacial score (nSPS) is 21.0. The Morgan fingerprint density at radius 2 is 2.08 bits per heavy atom. The van der Waals surface area contributed by atoms with Crippen molar-refractivity contribution in [1.29, 1.82) is 0 Å². The third-order valence-electron chi connectivity index (χ3n) is 4.86. The predicted molar refractivity (Wildman–Crippen MR) is 92.9 cm³/mol. The summed E-state index contributed by atoms with van der Waals surface area (Å²) in [5, 5.41) is 4.09. The molecule has 5 heteroatoms. The van der Waals surface area contributed by atoms with E-state index in [-0.39, 0.29) is 12.0 Å². The molecule has 1 aromatic heterocycles. The van der Waals surface area contributed by atoms with Crippen molar-refractivity contribution in [2.24, 2.45) is 13.0 Å². The number of aromatic nitrogens is 2. The van der Waals surface area contributed by atoms with Crippen molar-refractivity contribution < 1.29 is 9.53 Å². The van der Waals surface area contributed by atoms with Gasteiger partial charge in [0.15, 0.2) is 0 Å². The van der Waals surface area contributed by atoms with E-state index in [9.17, 15) is 4.79 Å². The van der Waals surface area contributed by atoms with E-state index >= 15 is 0 Å². The predicted octanol–water partition coefficient (Wildman–Crippen LogP) is 2.45. The molecule has 2 aromatic rings. The van der Waals surface area contributed by atoms with Crippen LogP contribution in [-0.4, -0.2) is 46.9 Å². The van der Waals surface area contributed by atoms with Crippen LogP contribution < -0.4 is 0 Å². The second-order valence-electron chi connectivity index (χ2n) is 6.67. The fourth-order valence-electron chi connectivity index (χ4n) is 3.39. The molecule has 3 rings (SSSR count). The third kappa shape index (κ3) is 3.67. The number of carbonyl (C=O) groups is 1. The Labute approximate surface area is 143 Å². The number of carbonyl (C=O) groups excluding carboxylic acids is 1.